The van der Waals surface area contributed by atoms with Crippen LogP contribution >= 0.6 is 0 Å². The van der Waals surface area contributed by atoms with Crippen LogP contribution in [0.3, 0.4) is 0 Å². The van der Waals surface area contributed by atoms with Gasteiger partial charge < -0.3 is 14.8 Å². The summed E-state index contributed by atoms with van der Waals surface area (Å²) >= 11 is 0. The zero-order valence-corrected chi connectivity index (χ0v) is 12.8. The van der Waals surface area contributed by atoms with Crippen LogP contribution in [0.5, 0.6) is 0 Å². The van der Waals surface area contributed by atoms with Crippen molar-refractivity contribution in [2.24, 2.45) is 5.92 Å². The third-order valence-electron chi connectivity index (χ3n) is 4.36. The number of hydrogen-bond donors (Lipinski definition) is 2. The summed E-state index contributed by atoms with van der Waals surface area (Å²) in [6.45, 7) is 3.66. The van der Waals surface area contributed by atoms with Gasteiger partial charge in [0.15, 0.2) is 0 Å². The van der Waals surface area contributed by atoms with Gasteiger partial charge in [0.1, 0.15) is 11.3 Å². The molecule has 0 amide bonds. The molecule has 114 valence electrons. The Labute approximate surface area is 126 Å². The van der Waals surface area contributed by atoms with Gasteiger partial charge in [-0.2, -0.15) is 0 Å². The van der Waals surface area contributed by atoms with Crippen LogP contribution in [0.1, 0.15) is 43.9 Å². The minimum Gasteiger partial charge on any atom is -0.461 e. The molecule has 1 heterocycles. The average molecular weight is 287 g/mol. The first-order valence-corrected chi connectivity index (χ1v) is 8.17. The van der Waals surface area contributed by atoms with E-state index in [4.69, 9.17) is 4.42 Å². The van der Waals surface area contributed by atoms with Crippen molar-refractivity contribution in [2.75, 3.05) is 6.54 Å². The van der Waals surface area contributed by atoms with Crippen molar-refractivity contribution in [2.45, 2.75) is 51.7 Å². The van der Waals surface area contributed by atoms with Crippen LogP contribution < -0.4 is 5.32 Å². The fourth-order valence-corrected chi connectivity index (χ4v) is 2.88. The second-order valence-electron chi connectivity index (χ2n) is 6.14. The molecule has 1 fully saturated rings. The number of aryl methyl sites for hydroxylation is 1. The molecule has 1 aromatic heterocycles. The number of benzene rings is 1. The molecule has 0 aliphatic heterocycles. The van der Waals surface area contributed by atoms with Crippen LogP contribution in [0.2, 0.25) is 0 Å². The van der Waals surface area contributed by atoms with E-state index in [-0.39, 0.29) is 6.10 Å². The van der Waals surface area contributed by atoms with Gasteiger partial charge in [-0.25, -0.2) is 0 Å². The molecule has 2 N–H and O–H groups in total. The standard InChI is InChI=1S/C18H25NO2/c1-2-3-7-18-15(11-19-12-16(20)13-9-10-13)14-6-4-5-8-17(14)21-18/h4-6,8,13,16,19-20H,2-3,7,9-12H2,1H3. The van der Waals surface area contributed by atoms with Gasteiger partial charge in [0.25, 0.3) is 0 Å². The Bertz CT molecular complexity index is 586. The van der Waals surface area contributed by atoms with Gasteiger partial charge in [0.05, 0.1) is 6.10 Å². The Hall–Kier alpha value is -1.32. The van der Waals surface area contributed by atoms with Crippen molar-refractivity contribution in [1.82, 2.24) is 5.32 Å². The zero-order chi connectivity index (χ0) is 14.7. The SMILES string of the molecule is CCCCc1oc2ccccc2c1CNCC(O)C1CC1. The maximum Gasteiger partial charge on any atom is 0.134 e. The molecule has 1 atom stereocenters. The first kappa shape index (κ1) is 14.6. The molecule has 0 spiro atoms. The molecule has 2 aromatic rings. The number of hydrogen-bond acceptors (Lipinski definition) is 3. The maximum atomic E-state index is 9.96. The number of fused-ring (bicyclic) bond motifs is 1. The summed E-state index contributed by atoms with van der Waals surface area (Å²) in [5, 5.41) is 14.6. The van der Waals surface area contributed by atoms with Crippen molar-refractivity contribution in [3.05, 3.63) is 35.6 Å². The average Bonchev–Trinajstić information content (AvgIpc) is 3.29. The van der Waals surface area contributed by atoms with E-state index in [2.05, 4.69) is 24.4 Å². The van der Waals surface area contributed by atoms with Gasteiger partial charge in [0, 0.05) is 30.5 Å². The number of para-hydroxylation sites is 1. The summed E-state index contributed by atoms with van der Waals surface area (Å²) in [4.78, 5) is 0. The van der Waals surface area contributed by atoms with E-state index in [1.54, 1.807) is 0 Å². The molecule has 21 heavy (non-hydrogen) atoms. The zero-order valence-electron chi connectivity index (χ0n) is 12.8. The Morgan fingerprint density at radius 2 is 2.14 bits per heavy atom. The van der Waals surface area contributed by atoms with E-state index >= 15 is 0 Å². The van der Waals surface area contributed by atoms with Crippen LogP contribution in [0.4, 0.5) is 0 Å². The molecule has 0 bridgehead atoms. The van der Waals surface area contributed by atoms with E-state index in [1.165, 1.54) is 30.2 Å². The summed E-state index contributed by atoms with van der Waals surface area (Å²) < 4.78 is 6.02. The summed E-state index contributed by atoms with van der Waals surface area (Å²) in [6, 6.07) is 8.24. The summed E-state index contributed by atoms with van der Waals surface area (Å²) in [5.74, 6) is 1.63. The first-order chi connectivity index (χ1) is 10.3. The predicted octanol–water partition coefficient (Wildman–Crippen LogP) is 3.64. The molecule has 1 aromatic carbocycles. The van der Waals surface area contributed by atoms with Crippen LogP contribution in [0.25, 0.3) is 11.0 Å². The Morgan fingerprint density at radius 1 is 1.33 bits per heavy atom. The minimum atomic E-state index is -0.192. The first-order valence-electron chi connectivity index (χ1n) is 8.17. The van der Waals surface area contributed by atoms with Crippen molar-refractivity contribution >= 4 is 11.0 Å². The lowest BCUT2D eigenvalue weighted by Gasteiger charge is -2.11. The third kappa shape index (κ3) is 3.47. The monoisotopic (exact) mass is 287 g/mol. The summed E-state index contributed by atoms with van der Waals surface area (Å²) in [7, 11) is 0. The van der Waals surface area contributed by atoms with Crippen molar-refractivity contribution < 1.29 is 9.52 Å². The lowest BCUT2D eigenvalue weighted by atomic mass is 10.1. The predicted molar refractivity (Wildman–Crippen MR) is 85.3 cm³/mol. The molecule has 1 aliphatic rings. The quantitative estimate of drug-likeness (QED) is 0.779. The molecular weight excluding hydrogens is 262 g/mol. The van der Waals surface area contributed by atoms with Gasteiger partial charge in [-0.3, -0.25) is 0 Å². The molecular formula is C18H25NO2. The van der Waals surface area contributed by atoms with Crippen LogP contribution in [-0.2, 0) is 13.0 Å². The Morgan fingerprint density at radius 3 is 2.90 bits per heavy atom. The highest BCUT2D eigenvalue weighted by Gasteiger charge is 2.29. The molecule has 1 aliphatic carbocycles. The van der Waals surface area contributed by atoms with Gasteiger partial charge in [-0.05, 0) is 31.2 Å². The van der Waals surface area contributed by atoms with Gasteiger partial charge in [-0.1, -0.05) is 31.5 Å². The van der Waals surface area contributed by atoms with E-state index in [0.717, 1.165) is 30.7 Å². The van der Waals surface area contributed by atoms with Crippen LogP contribution in [-0.4, -0.2) is 17.8 Å². The second kappa shape index (κ2) is 6.63. The fourth-order valence-electron chi connectivity index (χ4n) is 2.88. The maximum absolute atomic E-state index is 9.96. The lowest BCUT2D eigenvalue weighted by Crippen LogP contribution is -2.28. The van der Waals surface area contributed by atoms with E-state index in [0.29, 0.717) is 12.5 Å². The number of aliphatic hydroxyl groups is 1. The number of nitrogens with one attached hydrogen (secondary N) is 1. The highest BCUT2D eigenvalue weighted by atomic mass is 16.3. The number of unbranched alkanes of at least 4 members (excludes halogenated alkanes) is 1. The Balaban J connectivity index is 1.71. The van der Waals surface area contributed by atoms with Crippen molar-refractivity contribution in [3.8, 4) is 0 Å². The van der Waals surface area contributed by atoms with Gasteiger partial charge in [-0.15, -0.1) is 0 Å². The smallest absolute Gasteiger partial charge is 0.134 e. The van der Waals surface area contributed by atoms with Gasteiger partial charge in [0.2, 0.25) is 0 Å². The molecule has 3 rings (SSSR count). The number of rotatable bonds is 8. The lowest BCUT2D eigenvalue weighted by molar-refractivity contribution is 0.148. The highest BCUT2D eigenvalue weighted by Crippen LogP contribution is 2.32. The molecule has 3 nitrogen and oxygen atoms in total. The number of aliphatic hydroxyl groups excluding tert-OH is 1. The summed E-state index contributed by atoms with van der Waals surface area (Å²) in [6.07, 6.45) is 5.48. The largest absolute Gasteiger partial charge is 0.461 e. The second-order valence-corrected chi connectivity index (χ2v) is 6.14. The van der Waals surface area contributed by atoms with E-state index in [1.807, 2.05) is 12.1 Å². The van der Waals surface area contributed by atoms with Crippen molar-refractivity contribution in [1.29, 1.82) is 0 Å². The normalized spacial score (nSPS) is 16.5. The highest BCUT2D eigenvalue weighted by molar-refractivity contribution is 5.82. The minimum absolute atomic E-state index is 0.192. The fraction of sp³-hybridized carbons (Fsp3) is 0.556. The topological polar surface area (TPSA) is 45.4 Å². The number of furan rings is 1. The third-order valence-corrected chi connectivity index (χ3v) is 4.36. The van der Waals surface area contributed by atoms with Gasteiger partial charge >= 0.3 is 0 Å². The van der Waals surface area contributed by atoms with E-state index < -0.39 is 0 Å². The Kier molecular flexibility index (Phi) is 4.61. The molecule has 0 saturated heterocycles. The van der Waals surface area contributed by atoms with Crippen LogP contribution in [0, 0.1) is 5.92 Å². The molecule has 1 saturated carbocycles. The molecule has 1 unspecified atom stereocenters. The molecule has 0 radical (unpaired) electrons. The van der Waals surface area contributed by atoms with Crippen LogP contribution in [0.15, 0.2) is 28.7 Å². The van der Waals surface area contributed by atoms with Crippen molar-refractivity contribution in [3.63, 3.8) is 0 Å². The summed E-state index contributed by atoms with van der Waals surface area (Å²) in [5.41, 5.74) is 2.24. The molecule has 3 heteroatoms. The van der Waals surface area contributed by atoms with E-state index in [9.17, 15) is 5.11 Å².